The van der Waals surface area contributed by atoms with Gasteiger partial charge in [-0.15, -0.1) is 0 Å². The lowest BCUT2D eigenvalue weighted by atomic mass is 10.3. The topological polar surface area (TPSA) is 47.0 Å². The van der Waals surface area contributed by atoms with Gasteiger partial charge in [0.2, 0.25) is 0 Å². The highest BCUT2D eigenvalue weighted by Crippen LogP contribution is 2.09. The van der Waals surface area contributed by atoms with Gasteiger partial charge in [-0.1, -0.05) is 13.0 Å². The highest BCUT2D eigenvalue weighted by atomic mass is 16.5. The number of hydrogen-bond donors (Lipinski definition) is 1. The van der Waals surface area contributed by atoms with Crippen molar-refractivity contribution in [3.63, 3.8) is 0 Å². The van der Waals surface area contributed by atoms with E-state index in [9.17, 15) is 0 Å². The Hall–Kier alpha value is -1.94. The van der Waals surface area contributed by atoms with Crippen LogP contribution < -0.4 is 10.1 Å². The van der Waals surface area contributed by atoms with E-state index in [4.69, 9.17) is 4.74 Å². The Morgan fingerprint density at radius 3 is 2.74 bits per heavy atom. The van der Waals surface area contributed by atoms with Crippen molar-refractivity contribution < 1.29 is 4.74 Å². The molecule has 0 unspecified atom stereocenters. The van der Waals surface area contributed by atoms with Gasteiger partial charge < -0.3 is 10.1 Å². The van der Waals surface area contributed by atoms with Crippen LogP contribution in [0.15, 0.2) is 42.7 Å². The molecule has 4 nitrogen and oxygen atoms in total. The molecule has 19 heavy (non-hydrogen) atoms. The average Bonchev–Trinajstić information content (AvgIpc) is 2.47. The average molecular weight is 257 g/mol. The molecule has 0 aromatic carbocycles. The minimum absolute atomic E-state index is 0.616. The van der Waals surface area contributed by atoms with Gasteiger partial charge in [0.05, 0.1) is 18.5 Å². The summed E-state index contributed by atoms with van der Waals surface area (Å²) < 4.78 is 5.65. The molecular formula is C15H19N3O. The number of nitrogens with zero attached hydrogens (tertiary/aromatic N) is 2. The van der Waals surface area contributed by atoms with Crippen molar-refractivity contribution in [1.82, 2.24) is 15.3 Å². The Bertz CT molecular complexity index is 471. The molecule has 0 atom stereocenters. The van der Waals surface area contributed by atoms with Crippen LogP contribution in [-0.2, 0) is 13.0 Å². The zero-order valence-electron chi connectivity index (χ0n) is 11.2. The Morgan fingerprint density at radius 2 is 2.05 bits per heavy atom. The van der Waals surface area contributed by atoms with Gasteiger partial charge in [-0.2, -0.15) is 0 Å². The summed E-state index contributed by atoms with van der Waals surface area (Å²) in [4.78, 5) is 8.59. The summed E-state index contributed by atoms with van der Waals surface area (Å²) in [6.07, 6.45) is 4.37. The maximum absolute atomic E-state index is 5.65. The molecule has 2 heterocycles. The van der Waals surface area contributed by atoms with E-state index in [2.05, 4.69) is 22.2 Å². The number of pyridine rings is 2. The molecule has 100 valence electrons. The van der Waals surface area contributed by atoms with Gasteiger partial charge in [-0.3, -0.25) is 9.97 Å². The fourth-order valence-corrected chi connectivity index (χ4v) is 1.67. The van der Waals surface area contributed by atoms with Crippen molar-refractivity contribution in [2.24, 2.45) is 0 Å². The van der Waals surface area contributed by atoms with Crippen LogP contribution in [0.4, 0.5) is 0 Å². The van der Waals surface area contributed by atoms with Gasteiger partial charge in [0.25, 0.3) is 0 Å². The first-order valence-electron chi connectivity index (χ1n) is 6.57. The normalized spacial score (nSPS) is 10.4. The van der Waals surface area contributed by atoms with Crippen LogP contribution in [0.5, 0.6) is 5.75 Å². The van der Waals surface area contributed by atoms with E-state index >= 15 is 0 Å². The number of aromatic nitrogens is 2. The molecule has 0 aliphatic heterocycles. The number of rotatable bonds is 7. The molecule has 2 aromatic heterocycles. The summed E-state index contributed by atoms with van der Waals surface area (Å²) in [6.45, 7) is 4.44. The van der Waals surface area contributed by atoms with Crippen molar-refractivity contribution >= 4 is 0 Å². The molecule has 0 aliphatic carbocycles. The van der Waals surface area contributed by atoms with Gasteiger partial charge in [0.15, 0.2) is 0 Å². The maximum atomic E-state index is 5.65. The second-order valence-corrected chi connectivity index (χ2v) is 4.19. The van der Waals surface area contributed by atoms with Crippen LogP contribution >= 0.6 is 0 Å². The summed E-state index contributed by atoms with van der Waals surface area (Å²) in [5.74, 6) is 0.802. The molecule has 4 heteroatoms. The van der Waals surface area contributed by atoms with Crippen LogP contribution in [0, 0.1) is 0 Å². The third kappa shape index (κ3) is 4.67. The van der Waals surface area contributed by atoms with E-state index in [1.54, 1.807) is 12.4 Å². The summed E-state index contributed by atoms with van der Waals surface area (Å²) in [5.41, 5.74) is 2.07. The molecule has 0 saturated carbocycles. The zero-order valence-corrected chi connectivity index (χ0v) is 11.2. The summed E-state index contributed by atoms with van der Waals surface area (Å²) >= 11 is 0. The molecule has 2 rings (SSSR count). The third-order valence-electron chi connectivity index (χ3n) is 2.71. The quantitative estimate of drug-likeness (QED) is 0.826. The lowest BCUT2D eigenvalue weighted by molar-refractivity contribution is 0.319. The lowest BCUT2D eigenvalue weighted by Gasteiger charge is -2.06. The first-order chi connectivity index (χ1) is 9.38. The van der Waals surface area contributed by atoms with Gasteiger partial charge in [0, 0.05) is 24.9 Å². The molecule has 2 aromatic rings. The monoisotopic (exact) mass is 257 g/mol. The van der Waals surface area contributed by atoms with Crippen LogP contribution in [0.3, 0.4) is 0 Å². The standard InChI is InChI=1S/C15H19N3O/c1-2-16-11-14-6-7-15(12-18-14)19-10-8-13-5-3-4-9-17-13/h3-7,9,12,16H,2,8,10-11H2,1H3. The Labute approximate surface area is 113 Å². The van der Waals surface area contributed by atoms with Gasteiger partial charge in [-0.05, 0) is 30.8 Å². The van der Waals surface area contributed by atoms with Crippen LogP contribution in [0.2, 0.25) is 0 Å². The van der Waals surface area contributed by atoms with E-state index < -0.39 is 0 Å². The van der Waals surface area contributed by atoms with Crippen molar-refractivity contribution in [2.45, 2.75) is 19.9 Å². The summed E-state index contributed by atoms with van der Waals surface area (Å²) in [7, 11) is 0. The maximum Gasteiger partial charge on any atom is 0.137 e. The van der Waals surface area contributed by atoms with Crippen LogP contribution in [0.1, 0.15) is 18.3 Å². The largest absolute Gasteiger partial charge is 0.492 e. The summed E-state index contributed by atoms with van der Waals surface area (Å²) in [5, 5.41) is 3.24. The van der Waals surface area contributed by atoms with E-state index in [-0.39, 0.29) is 0 Å². The molecule has 0 radical (unpaired) electrons. The molecule has 0 spiro atoms. The van der Waals surface area contributed by atoms with E-state index in [0.29, 0.717) is 6.61 Å². The van der Waals surface area contributed by atoms with E-state index in [1.165, 1.54) is 0 Å². The fraction of sp³-hybridized carbons (Fsp3) is 0.333. The third-order valence-corrected chi connectivity index (χ3v) is 2.71. The van der Waals surface area contributed by atoms with Gasteiger partial charge in [0.1, 0.15) is 5.75 Å². The van der Waals surface area contributed by atoms with Crippen LogP contribution in [-0.4, -0.2) is 23.1 Å². The van der Waals surface area contributed by atoms with Gasteiger partial charge in [-0.25, -0.2) is 0 Å². The molecule has 0 amide bonds. The fourth-order valence-electron chi connectivity index (χ4n) is 1.67. The molecule has 0 fully saturated rings. The molecule has 0 saturated heterocycles. The molecular weight excluding hydrogens is 238 g/mol. The minimum atomic E-state index is 0.616. The van der Waals surface area contributed by atoms with Crippen molar-refractivity contribution in [3.05, 3.63) is 54.1 Å². The van der Waals surface area contributed by atoms with Gasteiger partial charge >= 0.3 is 0 Å². The molecule has 1 N–H and O–H groups in total. The van der Waals surface area contributed by atoms with Crippen molar-refractivity contribution in [3.8, 4) is 5.75 Å². The number of nitrogens with one attached hydrogen (secondary N) is 1. The van der Waals surface area contributed by atoms with Crippen molar-refractivity contribution in [1.29, 1.82) is 0 Å². The number of ether oxygens (including phenoxy) is 1. The van der Waals surface area contributed by atoms with E-state index in [0.717, 1.165) is 36.6 Å². The second-order valence-electron chi connectivity index (χ2n) is 4.19. The smallest absolute Gasteiger partial charge is 0.137 e. The highest BCUT2D eigenvalue weighted by Gasteiger charge is 1.98. The lowest BCUT2D eigenvalue weighted by Crippen LogP contribution is -2.12. The Balaban J connectivity index is 1.77. The van der Waals surface area contributed by atoms with E-state index in [1.807, 2.05) is 30.3 Å². The SMILES string of the molecule is CCNCc1ccc(OCCc2ccccn2)cn1. The first-order valence-corrected chi connectivity index (χ1v) is 6.57. The summed E-state index contributed by atoms with van der Waals surface area (Å²) in [6, 6.07) is 9.84. The minimum Gasteiger partial charge on any atom is -0.492 e. The zero-order chi connectivity index (χ0) is 13.3. The second kappa shape index (κ2) is 7.48. The van der Waals surface area contributed by atoms with Crippen LogP contribution in [0.25, 0.3) is 0 Å². The predicted molar refractivity (Wildman–Crippen MR) is 75.1 cm³/mol. The highest BCUT2D eigenvalue weighted by molar-refractivity contribution is 5.20. The van der Waals surface area contributed by atoms with Crippen molar-refractivity contribution in [2.75, 3.05) is 13.2 Å². The molecule has 0 bridgehead atoms. The Morgan fingerprint density at radius 1 is 1.11 bits per heavy atom. The predicted octanol–water partition coefficient (Wildman–Crippen LogP) is 2.21. The first kappa shape index (κ1) is 13.5. The Kier molecular flexibility index (Phi) is 5.31. The molecule has 0 aliphatic rings. The number of hydrogen-bond acceptors (Lipinski definition) is 4.